The number of nitrogens with zero attached hydrogens (tertiary/aromatic N) is 2. The lowest BCUT2D eigenvalue weighted by molar-refractivity contribution is -0.672. The van der Waals surface area contributed by atoms with Gasteiger partial charge in [-0.25, -0.2) is 4.39 Å². The Labute approximate surface area is 144 Å². The van der Waals surface area contributed by atoms with E-state index in [9.17, 15) is 9.18 Å². The number of halogens is 2. The molecule has 0 atom stereocenters. The van der Waals surface area contributed by atoms with E-state index in [1.807, 2.05) is 41.1 Å². The molecular formula is C18H14BrFN2O. The molecule has 0 aliphatic heterocycles. The first kappa shape index (κ1) is 17.0. The van der Waals surface area contributed by atoms with Gasteiger partial charge in [-0.05, 0) is 42.5 Å². The third kappa shape index (κ3) is 4.07. The minimum Gasteiger partial charge on any atom is -1.00 e. The van der Waals surface area contributed by atoms with E-state index in [4.69, 9.17) is 0 Å². The summed E-state index contributed by atoms with van der Waals surface area (Å²) < 4.78 is 14.8. The van der Waals surface area contributed by atoms with Gasteiger partial charge in [-0.2, -0.15) is 4.57 Å². The summed E-state index contributed by atoms with van der Waals surface area (Å²) in [7, 11) is 0. The van der Waals surface area contributed by atoms with Crippen molar-refractivity contribution >= 4 is 5.78 Å². The molecular weight excluding hydrogens is 359 g/mol. The Balaban J connectivity index is 0.00000192. The van der Waals surface area contributed by atoms with Crippen molar-refractivity contribution < 1.29 is 30.7 Å². The number of carbonyl (C=O) groups excluding carboxylic acids is 1. The van der Waals surface area contributed by atoms with Crippen LogP contribution in [0.3, 0.4) is 0 Å². The van der Waals surface area contributed by atoms with Gasteiger partial charge in [0.05, 0.1) is 0 Å². The van der Waals surface area contributed by atoms with Gasteiger partial charge in [0.15, 0.2) is 6.20 Å². The van der Waals surface area contributed by atoms with Crippen LogP contribution in [0.2, 0.25) is 0 Å². The number of hydrogen-bond donors (Lipinski definition) is 0. The van der Waals surface area contributed by atoms with Crippen molar-refractivity contribution in [2.45, 2.75) is 6.54 Å². The third-order valence-corrected chi connectivity index (χ3v) is 3.40. The second-order valence-corrected chi connectivity index (χ2v) is 4.88. The molecule has 0 amide bonds. The minimum atomic E-state index is -0.346. The Morgan fingerprint density at radius 2 is 1.70 bits per heavy atom. The van der Waals surface area contributed by atoms with E-state index in [1.165, 1.54) is 24.3 Å². The third-order valence-electron chi connectivity index (χ3n) is 3.40. The van der Waals surface area contributed by atoms with Crippen LogP contribution in [0, 0.1) is 5.82 Å². The molecule has 0 fully saturated rings. The van der Waals surface area contributed by atoms with Gasteiger partial charge in [0, 0.05) is 35.7 Å². The maximum absolute atomic E-state index is 12.9. The van der Waals surface area contributed by atoms with Crippen LogP contribution in [0.1, 0.15) is 10.4 Å². The summed E-state index contributed by atoms with van der Waals surface area (Å²) in [5.74, 6) is -0.409. The molecule has 0 aliphatic carbocycles. The van der Waals surface area contributed by atoms with E-state index >= 15 is 0 Å². The average Bonchev–Trinajstić information content (AvgIpc) is 2.57. The molecule has 5 heteroatoms. The Kier molecular flexibility index (Phi) is 5.71. The topological polar surface area (TPSA) is 33.8 Å². The number of aromatic nitrogens is 2. The van der Waals surface area contributed by atoms with E-state index in [-0.39, 0.29) is 35.1 Å². The minimum absolute atomic E-state index is 0. The van der Waals surface area contributed by atoms with Gasteiger partial charge in [-0.1, -0.05) is 0 Å². The molecule has 2 heterocycles. The molecule has 0 N–H and O–H groups in total. The van der Waals surface area contributed by atoms with Gasteiger partial charge in [0.1, 0.15) is 5.82 Å². The first-order valence-electron chi connectivity index (χ1n) is 6.92. The summed E-state index contributed by atoms with van der Waals surface area (Å²) >= 11 is 0. The number of rotatable bonds is 4. The van der Waals surface area contributed by atoms with E-state index in [1.54, 1.807) is 12.4 Å². The van der Waals surface area contributed by atoms with Crippen LogP contribution in [0.15, 0.2) is 73.2 Å². The Hall–Kier alpha value is -2.40. The summed E-state index contributed by atoms with van der Waals surface area (Å²) in [4.78, 5) is 16.4. The van der Waals surface area contributed by atoms with Crippen LogP contribution in [0.5, 0.6) is 0 Å². The molecule has 1 aromatic carbocycles. The van der Waals surface area contributed by atoms with E-state index in [0.717, 1.165) is 11.3 Å². The number of hydrogen-bond acceptors (Lipinski definition) is 2. The van der Waals surface area contributed by atoms with Crippen molar-refractivity contribution in [2.24, 2.45) is 0 Å². The quantitative estimate of drug-likeness (QED) is 0.479. The highest BCUT2D eigenvalue weighted by molar-refractivity contribution is 5.95. The molecule has 0 saturated heterocycles. The Morgan fingerprint density at radius 3 is 2.39 bits per heavy atom. The Bertz CT molecular complexity index is 792. The fraction of sp³-hybridized carbons (Fsp3) is 0.0556. The van der Waals surface area contributed by atoms with Crippen LogP contribution in [0.25, 0.3) is 11.3 Å². The highest BCUT2D eigenvalue weighted by Gasteiger charge is 2.17. The second kappa shape index (κ2) is 7.74. The first-order chi connectivity index (χ1) is 10.7. The molecule has 0 unspecified atom stereocenters. The Morgan fingerprint density at radius 1 is 1.00 bits per heavy atom. The number of carbonyl (C=O) groups is 1. The van der Waals surface area contributed by atoms with E-state index in [2.05, 4.69) is 4.98 Å². The zero-order valence-electron chi connectivity index (χ0n) is 12.2. The van der Waals surface area contributed by atoms with Crippen LogP contribution in [-0.2, 0) is 6.54 Å². The van der Waals surface area contributed by atoms with Gasteiger partial charge in [-0.3, -0.25) is 9.78 Å². The van der Waals surface area contributed by atoms with Crippen molar-refractivity contribution in [1.82, 2.24) is 4.98 Å². The van der Waals surface area contributed by atoms with Crippen LogP contribution >= 0.6 is 0 Å². The van der Waals surface area contributed by atoms with Crippen LogP contribution in [0.4, 0.5) is 4.39 Å². The van der Waals surface area contributed by atoms with Crippen LogP contribution in [-0.4, -0.2) is 10.8 Å². The zero-order chi connectivity index (χ0) is 15.4. The average molecular weight is 373 g/mol. The predicted octanol–water partition coefficient (Wildman–Crippen LogP) is 0.0621. The lowest BCUT2D eigenvalue weighted by Gasteiger charge is -2.04. The normalized spacial score (nSPS) is 9.96. The van der Waals surface area contributed by atoms with Crippen molar-refractivity contribution in [3.8, 4) is 11.3 Å². The molecule has 0 spiro atoms. The standard InChI is InChI=1S/C18H14FN2O.BrH/c19-16-6-4-15(5-7-16)18(22)13-21-12-2-1-3-17(21)14-8-10-20-11-9-14;/h1-12H,13H2;1H/q+1;/p-1. The molecule has 0 radical (unpaired) electrons. The lowest BCUT2D eigenvalue weighted by Crippen LogP contribution is -3.00. The number of pyridine rings is 2. The maximum atomic E-state index is 12.9. The van der Waals surface area contributed by atoms with Gasteiger partial charge in [0.2, 0.25) is 18.0 Å². The van der Waals surface area contributed by atoms with E-state index < -0.39 is 0 Å². The zero-order valence-corrected chi connectivity index (χ0v) is 13.8. The summed E-state index contributed by atoms with van der Waals surface area (Å²) in [6.45, 7) is 0.199. The second-order valence-electron chi connectivity index (χ2n) is 4.88. The number of Topliss-reactive ketones (excluding diaryl/α,β-unsaturated/α-hetero) is 1. The van der Waals surface area contributed by atoms with Crippen molar-refractivity contribution in [2.75, 3.05) is 0 Å². The highest BCUT2D eigenvalue weighted by atomic mass is 79.9. The molecule has 3 aromatic rings. The van der Waals surface area contributed by atoms with Gasteiger partial charge in [-0.15, -0.1) is 0 Å². The van der Waals surface area contributed by atoms with Crippen molar-refractivity contribution in [3.63, 3.8) is 0 Å². The lowest BCUT2D eigenvalue weighted by atomic mass is 10.1. The SMILES string of the molecule is O=C(C[n+]1ccccc1-c1ccncc1)c1ccc(F)cc1.[Br-]. The molecule has 0 aliphatic rings. The van der Waals surface area contributed by atoms with Crippen molar-refractivity contribution in [3.05, 3.63) is 84.6 Å². The summed E-state index contributed by atoms with van der Waals surface area (Å²) in [5, 5.41) is 0. The summed E-state index contributed by atoms with van der Waals surface area (Å²) in [6.07, 6.45) is 5.29. The molecule has 2 aromatic heterocycles. The monoisotopic (exact) mass is 372 g/mol. The van der Waals surface area contributed by atoms with Crippen LogP contribution < -0.4 is 21.5 Å². The molecule has 0 saturated carbocycles. The molecule has 3 rings (SSSR count). The summed E-state index contributed by atoms with van der Waals surface area (Å²) in [5.41, 5.74) is 2.42. The molecule has 23 heavy (non-hydrogen) atoms. The van der Waals surface area contributed by atoms with Gasteiger partial charge >= 0.3 is 0 Å². The number of benzene rings is 1. The largest absolute Gasteiger partial charge is 1.00 e. The first-order valence-corrected chi connectivity index (χ1v) is 6.92. The predicted molar refractivity (Wildman–Crippen MR) is 80.6 cm³/mol. The van der Waals surface area contributed by atoms with E-state index in [0.29, 0.717) is 5.56 Å². The molecule has 3 nitrogen and oxygen atoms in total. The van der Waals surface area contributed by atoms with Gasteiger partial charge in [0.25, 0.3) is 0 Å². The fourth-order valence-corrected chi connectivity index (χ4v) is 2.28. The fourth-order valence-electron chi connectivity index (χ4n) is 2.28. The summed E-state index contributed by atoms with van der Waals surface area (Å²) in [6, 6.07) is 15.2. The van der Waals surface area contributed by atoms with Gasteiger partial charge < -0.3 is 17.0 Å². The maximum Gasteiger partial charge on any atom is 0.227 e. The number of ketones is 1. The smallest absolute Gasteiger partial charge is 0.227 e. The molecule has 0 bridgehead atoms. The highest BCUT2D eigenvalue weighted by Crippen LogP contribution is 2.13. The van der Waals surface area contributed by atoms with Crippen molar-refractivity contribution in [1.29, 1.82) is 0 Å². The molecule has 116 valence electrons.